The number of benzene rings is 1. The maximum atomic E-state index is 12.6. The van der Waals surface area contributed by atoms with Crippen LogP contribution in [0.4, 0.5) is 13.2 Å². The zero-order valence-corrected chi connectivity index (χ0v) is 14.7. The van der Waals surface area contributed by atoms with Crippen LogP contribution < -0.4 is 10.6 Å². The molecule has 1 aromatic carbocycles. The summed E-state index contributed by atoms with van der Waals surface area (Å²) < 4.78 is 37.7. The van der Waals surface area contributed by atoms with E-state index in [9.17, 15) is 18.0 Å². The number of carbonyl (C=O) groups is 1. The van der Waals surface area contributed by atoms with Gasteiger partial charge in [-0.1, -0.05) is 23.2 Å². The van der Waals surface area contributed by atoms with E-state index in [0.717, 1.165) is 6.07 Å². The van der Waals surface area contributed by atoms with Crippen molar-refractivity contribution in [3.05, 3.63) is 63.4 Å². The molecule has 0 saturated carbocycles. The van der Waals surface area contributed by atoms with Gasteiger partial charge in [-0.15, -0.1) is 0 Å². The Morgan fingerprint density at radius 2 is 1.84 bits per heavy atom. The lowest BCUT2D eigenvalue weighted by atomic mass is 10.2. The van der Waals surface area contributed by atoms with Gasteiger partial charge in [0.15, 0.2) is 5.11 Å². The number of rotatable bonds is 3. The number of nitrogens with one attached hydrogen (secondary N) is 2. The van der Waals surface area contributed by atoms with E-state index in [2.05, 4.69) is 15.6 Å². The summed E-state index contributed by atoms with van der Waals surface area (Å²) in [6, 6.07) is 6.93. The number of carbonyl (C=O) groups excluding carboxylic acids is 1. The largest absolute Gasteiger partial charge is 0.417 e. The molecule has 1 amide bonds. The molecule has 0 saturated heterocycles. The smallest absolute Gasteiger partial charge is 0.357 e. The summed E-state index contributed by atoms with van der Waals surface area (Å²) >= 11 is 16.5. The maximum Gasteiger partial charge on any atom is 0.417 e. The van der Waals surface area contributed by atoms with Crippen LogP contribution in [-0.4, -0.2) is 16.0 Å². The van der Waals surface area contributed by atoms with E-state index in [1.165, 1.54) is 12.1 Å². The van der Waals surface area contributed by atoms with Gasteiger partial charge in [0.1, 0.15) is 0 Å². The van der Waals surface area contributed by atoms with E-state index < -0.39 is 17.6 Å². The molecule has 132 valence electrons. The first-order valence-corrected chi connectivity index (χ1v) is 7.89. The van der Waals surface area contributed by atoms with Gasteiger partial charge in [-0.25, -0.2) is 0 Å². The number of halogens is 5. The lowest BCUT2D eigenvalue weighted by Gasteiger charge is -2.12. The minimum absolute atomic E-state index is 0.0160. The Bertz CT molecular complexity index is 798. The first kappa shape index (κ1) is 19.4. The van der Waals surface area contributed by atoms with Gasteiger partial charge >= 0.3 is 6.18 Å². The Labute approximate surface area is 156 Å². The highest BCUT2D eigenvalue weighted by molar-refractivity contribution is 7.80. The number of aromatic nitrogens is 1. The second-order valence-corrected chi connectivity index (χ2v) is 6.05. The second-order valence-electron chi connectivity index (χ2n) is 4.79. The summed E-state index contributed by atoms with van der Waals surface area (Å²) in [4.78, 5) is 15.6. The van der Waals surface area contributed by atoms with Gasteiger partial charge < -0.3 is 5.32 Å². The van der Waals surface area contributed by atoms with E-state index in [0.29, 0.717) is 16.8 Å². The molecule has 0 atom stereocenters. The number of amides is 1. The average Bonchev–Trinajstić information content (AvgIpc) is 2.53. The van der Waals surface area contributed by atoms with Crippen LogP contribution in [0.15, 0.2) is 36.5 Å². The molecule has 0 aliphatic carbocycles. The highest BCUT2D eigenvalue weighted by Gasteiger charge is 2.31. The molecule has 0 radical (unpaired) electrons. The number of thiocarbonyl (C=S) groups is 1. The minimum atomic E-state index is -4.52. The molecule has 0 aliphatic rings. The summed E-state index contributed by atoms with van der Waals surface area (Å²) in [5, 5.41) is 5.40. The maximum absolute atomic E-state index is 12.6. The average molecular weight is 408 g/mol. The zero-order valence-electron chi connectivity index (χ0n) is 12.3. The number of alkyl halides is 3. The quantitative estimate of drug-likeness (QED) is 0.748. The Morgan fingerprint density at radius 1 is 1.20 bits per heavy atom. The van der Waals surface area contributed by atoms with E-state index in [4.69, 9.17) is 35.4 Å². The lowest BCUT2D eigenvalue weighted by molar-refractivity contribution is -0.137. The summed E-state index contributed by atoms with van der Waals surface area (Å²) in [7, 11) is 0. The summed E-state index contributed by atoms with van der Waals surface area (Å²) in [5.41, 5.74) is -0.433. The molecule has 2 aromatic rings. The fraction of sp³-hybridized carbons (Fsp3) is 0.133. The molecule has 0 aliphatic heterocycles. The summed E-state index contributed by atoms with van der Waals surface area (Å²) in [6.45, 7) is -0.0449. The number of hydrogen-bond donors (Lipinski definition) is 2. The topological polar surface area (TPSA) is 54.0 Å². The van der Waals surface area contributed by atoms with Crippen molar-refractivity contribution < 1.29 is 18.0 Å². The molecule has 1 heterocycles. The lowest BCUT2D eigenvalue weighted by Crippen LogP contribution is -2.39. The van der Waals surface area contributed by atoms with Gasteiger partial charge in [0.2, 0.25) is 0 Å². The molecule has 10 heteroatoms. The van der Waals surface area contributed by atoms with Crippen molar-refractivity contribution in [2.45, 2.75) is 12.7 Å². The van der Waals surface area contributed by atoms with Crippen LogP contribution in [0.3, 0.4) is 0 Å². The fourth-order valence-electron chi connectivity index (χ4n) is 1.74. The van der Waals surface area contributed by atoms with Crippen molar-refractivity contribution in [2.75, 3.05) is 0 Å². The molecule has 1 aromatic heterocycles. The van der Waals surface area contributed by atoms with E-state index in [1.54, 1.807) is 12.1 Å². The van der Waals surface area contributed by atoms with Crippen LogP contribution in [0.5, 0.6) is 0 Å². The molecule has 25 heavy (non-hydrogen) atoms. The van der Waals surface area contributed by atoms with Crippen LogP contribution in [0, 0.1) is 0 Å². The zero-order chi connectivity index (χ0) is 18.6. The highest BCUT2D eigenvalue weighted by atomic mass is 35.5. The predicted octanol–water partition coefficient (Wildman–Crippen LogP) is 4.21. The third-order valence-electron chi connectivity index (χ3n) is 2.99. The standard InChI is InChI=1S/C15H10Cl2F3N3OS/c16-10-3-1-8(2-4-10)13(24)23-14(25)22-7-12-11(17)5-9(6-21-12)15(18,19)20/h1-6H,7H2,(H2,22,23,24,25). The SMILES string of the molecule is O=C(NC(=S)NCc1ncc(C(F)(F)F)cc1Cl)c1ccc(Cl)cc1. The van der Waals surface area contributed by atoms with Crippen molar-refractivity contribution in [2.24, 2.45) is 0 Å². The first-order valence-electron chi connectivity index (χ1n) is 6.73. The number of nitrogens with zero attached hydrogens (tertiary/aromatic N) is 1. The van der Waals surface area contributed by atoms with Gasteiger partial charge in [0, 0.05) is 16.8 Å². The highest BCUT2D eigenvalue weighted by Crippen LogP contribution is 2.30. The minimum Gasteiger partial charge on any atom is -0.357 e. The van der Waals surface area contributed by atoms with Crippen LogP contribution in [0.1, 0.15) is 21.6 Å². The third-order valence-corrected chi connectivity index (χ3v) is 3.82. The van der Waals surface area contributed by atoms with E-state index in [-0.39, 0.29) is 22.4 Å². The van der Waals surface area contributed by atoms with Gasteiger partial charge in [-0.05, 0) is 42.5 Å². The van der Waals surface area contributed by atoms with Crippen LogP contribution in [-0.2, 0) is 12.7 Å². The van der Waals surface area contributed by atoms with Crippen LogP contribution >= 0.6 is 35.4 Å². The Balaban J connectivity index is 1.93. The molecular formula is C15H10Cl2F3N3OS. The van der Waals surface area contributed by atoms with Crippen LogP contribution in [0.25, 0.3) is 0 Å². The first-order chi connectivity index (χ1) is 11.7. The van der Waals surface area contributed by atoms with Gasteiger partial charge in [0.25, 0.3) is 5.91 Å². The Morgan fingerprint density at radius 3 is 2.40 bits per heavy atom. The molecular weight excluding hydrogens is 398 g/mol. The van der Waals surface area contributed by atoms with Crippen LogP contribution in [0.2, 0.25) is 10.0 Å². The molecule has 4 nitrogen and oxygen atoms in total. The van der Waals surface area contributed by atoms with Gasteiger partial charge in [-0.2, -0.15) is 13.2 Å². The third kappa shape index (κ3) is 5.55. The van der Waals surface area contributed by atoms with Crippen molar-refractivity contribution in [1.82, 2.24) is 15.6 Å². The fourth-order valence-corrected chi connectivity index (χ4v) is 2.26. The Kier molecular flexibility index (Phi) is 6.21. The summed E-state index contributed by atoms with van der Waals surface area (Å²) in [6.07, 6.45) is -3.84. The van der Waals surface area contributed by atoms with Crippen molar-refractivity contribution in [3.8, 4) is 0 Å². The molecule has 0 fully saturated rings. The second kappa shape index (κ2) is 7.99. The molecule has 0 unspecified atom stereocenters. The van der Waals surface area contributed by atoms with Crippen molar-refractivity contribution in [3.63, 3.8) is 0 Å². The summed E-state index contributed by atoms with van der Waals surface area (Å²) in [5.74, 6) is -0.458. The van der Waals surface area contributed by atoms with Crippen molar-refractivity contribution in [1.29, 1.82) is 0 Å². The predicted molar refractivity (Wildman–Crippen MR) is 92.6 cm³/mol. The Hall–Kier alpha value is -1.90. The molecule has 2 rings (SSSR count). The van der Waals surface area contributed by atoms with E-state index >= 15 is 0 Å². The molecule has 0 bridgehead atoms. The number of pyridine rings is 1. The normalized spacial score (nSPS) is 11.1. The molecule has 2 N–H and O–H groups in total. The monoisotopic (exact) mass is 407 g/mol. The molecule has 0 spiro atoms. The number of hydrogen-bond acceptors (Lipinski definition) is 3. The van der Waals surface area contributed by atoms with Gasteiger partial charge in [-0.3, -0.25) is 15.1 Å². The van der Waals surface area contributed by atoms with Crippen molar-refractivity contribution >= 4 is 46.4 Å². The van der Waals surface area contributed by atoms with E-state index in [1.807, 2.05) is 0 Å². The van der Waals surface area contributed by atoms with Gasteiger partial charge in [0.05, 0.1) is 22.8 Å².